The lowest BCUT2D eigenvalue weighted by atomic mass is 10.2. The number of nitrogens with one attached hydrogen (secondary N) is 2. The minimum Gasteiger partial charge on any atom is -0.361 e. The van der Waals surface area contributed by atoms with Crippen LogP contribution in [0.2, 0.25) is 0 Å². The summed E-state index contributed by atoms with van der Waals surface area (Å²) in [5, 5.41) is 16.2. The Hall–Kier alpha value is -2.18. The van der Waals surface area contributed by atoms with Gasteiger partial charge in [-0.15, -0.1) is 0 Å². The van der Waals surface area contributed by atoms with Gasteiger partial charge in [0.25, 0.3) is 5.69 Å². The molecule has 0 saturated heterocycles. The minimum atomic E-state index is -0.485. The average molecular weight is 266 g/mol. The van der Waals surface area contributed by atoms with Crippen LogP contribution in [0.1, 0.15) is 19.5 Å². The van der Waals surface area contributed by atoms with Crippen LogP contribution in [0.5, 0.6) is 0 Å². The fraction of sp³-hybridized carbons (Fsp3) is 0.500. The van der Waals surface area contributed by atoms with E-state index in [0.717, 1.165) is 0 Å². The van der Waals surface area contributed by atoms with Crippen LogP contribution in [-0.4, -0.2) is 28.9 Å². The van der Waals surface area contributed by atoms with E-state index >= 15 is 0 Å². The highest BCUT2D eigenvalue weighted by molar-refractivity contribution is 5.80. The zero-order valence-corrected chi connectivity index (χ0v) is 11.3. The maximum Gasteiger partial charge on any atom is 0.290 e. The van der Waals surface area contributed by atoms with Gasteiger partial charge in [-0.2, -0.15) is 0 Å². The van der Waals surface area contributed by atoms with E-state index in [-0.39, 0.29) is 18.1 Å². The van der Waals surface area contributed by atoms with E-state index in [1.54, 1.807) is 6.92 Å². The Morgan fingerprint density at radius 1 is 1.47 bits per heavy atom. The molecule has 1 amide bonds. The fourth-order valence-corrected chi connectivity index (χ4v) is 1.40. The monoisotopic (exact) mass is 266 g/mol. The van der Waals surface area contributed by atoms with Gasteiger partial charge in [0, 0.05) is 12.6 Å². The summed E-state index contributed by atoms with van der Waals surface area (Å²) in [4.78, 5) is 25.6. The van der Waals surface area contributed by atoms with E-state index in [4.69, 9.17) is 0 Å². The summed E-state index contributed by atoms with van der Waals surface area (Å²) in [6, 6.07) is 2.86. The lowest BCUT2D eigenvalue weighted by Crippen LogP contribution is -2.32. The molecular formula is C12H18N4O3. The van der Waals surface area contributed by atoms with Gasteiger partial charge in [0.15, 0.2) is 0 Å². The molecule has 0 aliphatic rings. The van der Waals surface area contributed by atoms with Crippen LogP contribution in [0.4, 0.5) is 11.5 Å². The third kappa shape index (κ3) is 4.90. The van der Waals surface area contributed by atoms with E-state index < -0.39 is 4.92 Å². The normalized spacial score (nSPS) is 10.3. The zero-order chi connectivity index (χ0) is 14.4. The van der Waals surface area contributed by atoms with Crippen LogP contribution in [0, 0.1) is 23.0 Å². The second-order valence-corrected chi connectivity index (χ2v) is 4.61. The number of pyridine rings is 1. The lowest BCUT2D eigenvalue weighted by molar-refractivity contribution is -0.385. The standard InChI is InChI=1S/C12H18N4O3/c1-8(2)6-14-12(17)7-13-11-5-4-10(16(18)19)9(3)15-11/h4-5,8H,6-7H2,1-3H3,(H,13,15)(H,14,17). The number of hydrogen-bond acceptors (Lipinski definition) is 5. The van der Waals surface area contributed by atoms with Gasteiger partial charge in [-0.05, 0) is 18.9 Å². The molecule has 0 unspecified atom stereocenters. The zero-order valence-electron chi connectivity index (χ0n) is 11.3. The molecule has 1 aromatic heterocycles. The van der Waals surface area contributed by atoms with Crippen LogP contribution < -0.4 is 10.6 Å². The van der Waals surface area contributed by atoms with Gasteiger partial charge in [0.1, 0.15) is 11.5 Å². The molecule has 0 aliphatic heterocycles. The van der Waals surface area contributed by atoms with Crippen LogP contribution in [0.25, 0.3) is 0 Å². The number of carbonyl (C=O) groups is 1. The van der Waals surface area contributed by atoms with Crippen molar-refractivity contribution in [1.82, 2.24) is 10.3 Å². The molecule has 0 fully saturated rings. The van der Waals surface area contributed by atoms with Gasteiger partial charge >= 0.3 is 0 Å². The summed E-state index contributed by atoms with van der Waals surface area (Å²) in [5.74, 6) is 0.706. The number of aryl methyl sites for hydroxylation is 1. The number of nitro groups is 1. The third-order valence-corrected chi connectivity index (χ3v) is 2.39. The van der Waals surface area contributed by atoms with Crippen LogP contribution in [0.15, 0.2) is 12.1 Å². The summed E-state index contributed by atoms with van der Waals surface area (Å²) in [5.41, 5.74) is 0.285. The van der Waals surface area contributed by atoms with Crippen molar-refractivity contribution in [2.24, 2.45) is 5.92 Å². The number of rotatable bonds is 6. The van der Waals surface area contributed by atoms with Gasteiger partial charge in [-0.3, -0.25) is 14.9 Å². The van der Waals surface area contributed by atoms with Crippen molar-refractivity contribution in [3.63, 3.8) is 0 Å². The maximum atomic E-state index is 11.5. The van der Waals surface area contributed by atoms with Crippen LogP contribution in [-0.2, 0) is 4.79 Å². The van der Waals surface area contributed by atoms with E-state index in [0.29, 0.717) is 24.0 Å². The van der Waals surface area contributed by atoms with Gasteiger partial charge < -0.3 is 10.6 Å². The fourth-order valence-electron chi connectivity index (χ4n) is 1.40. The number of hydrogen-bond donors (Lipinski definition) is 2. The topological polar surface area (TPSA) is 97.2 Å². The Labute approximate surface area is 111 Å². The van der Waals surface area contributed by atoms with E-state index in [1.165, 1.54) is 12.1 Å². The molecule has 1 aromatic rings. The molecule has 7 nitrogen and oxygen atoms in total. The Morgan fingerprint density at radius 3 is 2.68 bits per heavy atom. The van der Waals surface area contributed by atoms with E-state index in [9.17, 15) is 14.9 Å². The first-order valence-electron chi connectivity index (χ1n) is 6.02. The second-order valence-electron chi connectivity index (χ2n) is 4.61. The van der Waals surface area contributed by atoms with Crippen molar-refractivity contribution in [2.75, 3.05) is 18.4 Å². The Bertz CT molecular complexity index is 474. The molecule has 0 spiro atoms. The molecule has 7 heteroatoms. The molecule has 0 aromatic carbocycles. The van der Waals surface area contributed by atoms with Crippen LogP contribution in [0.3, 0.4) is 0 Å². The molecular weight excluding hydrogens is 248 g/mol. The smallest absolute Gasteiger partial charge is 0.290 e. The van der Waals surface area contributed by atoms with Crippen molar-refractivity contribution in [3.05, 3.63) is 27.9 Å². The Kier molecular flexibility index (Phi) is 5.23. The number of aromatic nitrogens is 1. The lowest BCUT2D eigenvalue weighted by Gasteiger charge is -2.09. The molecule has 0 bridgehead atoms. The molecule has 0 aliphatic carbocycles. The summed E-state index contributed by atoms with van der Waals surface area (Å²) in [6.45, 7) is 6.29. The SMILES string of the molecule is Cc1nc(NCC(=O)NCC(C)C)ccc1[N+](=O)[O-]. The van der Waals surface area contributed by atoms with E-state index in [1.807, 2.05) is 13.8 Å². The van der Waals surface area contributed by atoms with Crippen LogP contribution >= 0.6 is 0 Å². The van der Waals surface area contributed by atoms with Gasteiger partial charge in [-0.25, -0.2) is 4.98 Å². The van der Waals surface area contributed by atoms with Crippen molar-refractivity contribution in [1.29, 1.82) is 0 Å². The molecule has 1 rings (SSSR count). The summed E-state index contributed by atoms with van der Waals surface area (Å²) in [6.07, 6.45) is 0. The number of carbonyl (C=O) groups excluding carboxylic acids is 1. The average Bonchev–Trinajstić information content (AvgIpc) is 2.33. The molecule has 19 heavy (non-hydrogen) atoms. The second kappa shape index (κ2) is 6.67. The quantitative estimate of drug-likeness (QED) is 0.600. The van der Waals surface area contributed by atoms with Crippen molar-refractivity contribution in [2.45, 2.75) is 20.8 Å². The predicted octanol–water partition coefficient (Wildman–Crippen LogP) is 1.48. The first-order valence-corrected chi connectivity index (χ1v) is 6.02. The van der Waals surface area contributed by atoms with E-state index in [2.05, 4.69) is 15.6 Å². The first-order chi connectivity index (χ1) is 8.90. The molecule has 0 saturated carbocycles. The van der Waals surface area contributed by atoms with Gasteiger partial charge in [-0.1, -0.05) is 13.8 Å². The summed E-state index contributed by atoms with van der Waals surface area (Å²) >= 11 is 0. The number of amides is 1. The van der Waals surface area contributed by atoms with Gasteiger partial charge in [0.2, 0.25) is 5.91 Å². The summed E-state index contributed by atoms with van der Waals surface area (Å²) in [7, 11) is 0. The molecule has 104 valence electrons. The van der Waals surface area contributed by atoms with Crippen molar-refractivity contribution in [3.8, 4) is 0 Å². The number of nitrogens with zero attached hydrogens (tertiary/aromatic N) is 2. The number of anilines is 1. The first kappa shape index (κ1) is 14.9. The third-order valence-electron chi connectivity index (χ3n) is 2.39. The maximum absolute atomic E-state index is 11.5. The molecule has 1 heterocycles. The molecule has 2 N–H and O–H groups in total. The highest BCUT2D eigenvalue weighted by Crippen LogP contribution is 2.17. The predicted molar refractivity (Wildman–Crippen MR) is 72.0 cm³/mol. The van der Waals surface area contributed by atoms with Crippen molar-refractivity contribution < 1.29 is 9.72 Å². The Balaban J connectivity index is 2.52. The minimum absolute atomic E-state index is 0.0326. The Morgan fingerprint density at radius 2 is 2.16 bits per heavy atom. The largest absolute Gasteiger partial charge is 0.361 e. The highest BCUT2D eigenvalue weighted by Gasteiger charge is 2.12. The van der Waals surface area contributed by atoms with Gasteiger partial charge in [0.05, 0.1) is 11.5 Å². The van der Waals surface area contributed by atoms with Crippen molar-refractivity contribution >= 4 is 17.4 Å². The summed E-state index contributed by atoms with van der Waals surface area (Å²) < 4.78 is 0. The highest BCUT2D eigenvalue weighted by atomic mass is 16.6. The molecule has 0 radical (unpaired) electrons. The molecule has 0 atom stereocenters.